The van der Waals surface area contributed by atoms with E-state index in [0.717, 1.165) is 32.1 Å². The van der Waals surface area contributed by atoms with Crippen LogP contribution in [0, 0.1) is 0 Å². The van der Waals surface area contributed by atoms with Crippen LogP contribution in [-0.2, 0) is 4.79 Å². The Morgan fingerprint density at radius 2 is 1.31 bits per heavy atom. The molecule has 86 valence electrons. The van der Waals surface area contributed by atoms with Crippen LogP contribution in [0.4, 0.5) is 0 Å². The predicted molar refractivity (Wildman–Crippen MR) is 69.3 cm³/mol. The molecule has 0 fully saturated rings. The minimum absolute atomic E-state index is 0.0900. The van der Waals surface area contributed by atoms with Gasteiger partial charge in [-0.15, -0.1) is 0 Å². The number of hydrogen-bond acceptors (Lipinski definition) is 1. The van der Waals surface area contributed by atoms with E-state index in [4.69, 9.17) is 0 Å². The fraction of sp³-hybridized carbons (Fsp3) is 0.400. The van der Waals surface area contributed by atoms with E-state index in [1.807, 2.05) is 12.2 Å². The topological polar surface area (TPSA) is 17.1 Å². The summed E-state index contributed by atoms with van der Waals surface area (Å²) in [6.07, 6.45) is 22.3. The lowest BCUT2D eigenvalue weighted by atomic mass is 10.2. The van der Waals surface area contributed by atoms with Gasteiger partial charge in [0.1, 0.15) is 0 Å². The molecule has 1 rings (SSSR count). The molecule has 16 heavy (non-hydrogen) atoms. The monoisotopic (exact) mass is 216 g/mol. The van der Waals surface area contributed by atoms with Crippen LogP contribution in [0.15, 0.2) is 48.6 Å². The highest BCUT2D eigenvalue weighted by atomic mass is 16.1. The Morgan fingerprint density at radius 3 is 2.19 bits per heavy atom. The predicted octanol–water partition coefficient (Wildman–Crippen LogP) is 4.13. The Labute approximate surface area is 98.2 Å². The molecule has 0 aromatic carbocycles. The van der Waals surface area contributed by atoms with Gasteiger partial charge in [0.15, 0.2) is 5.78 Å². The maximum absolute atomic E-state index is 11.3. The summed E-state index contributed by atoms with van der Waals surface area (Å²) in [5, 5.41) is 0. The van der Waals surface area contributed by atoms with Gasteiger partial charge in [-0.25, -0.2) is 0 Å². The van der Waals surface area contributed by atoms with Crippen LogP contribution in [-0.4, -0.2) is 5.78 Å². The van der Waals surface area contributed by atoms with Gasteiger partial charge in [-0.05, 0) is 50.7 Å². The van der Waals surface area contributed by atoms with Crippen LogP contribution in [0.2, 0.25) is 0 Å². The van der Waals surface area contributed by atoms with Crippen molar-refractivity contribution in [1.82, 2.24) is 0 Å². The summed E-state index contributed by atoms with van der Waals surface area (Å²) >= 11 is 0. The average molecular weight is 216 g/mol. The fourth-order valence-electron chi connectivity index (χ4n) is 1.51. The summed E-state index contributed by atoms with van der Waals surface area (Å²) < 4.78 is 0. The molecule has 1 nitrogen and oxygen atoms in total. The first-order valence-corrected chi connectivity index (χ1v) is 6.06. The molecule has 0 aromatic rings. The van der Waals surface area contributed by atoms with Crippen molar-refractivity contribution < 1.29 is 4.79 Å². The normalized spacial score (nSPS) is 25.4. The molecule has 0 N–H and O–H groups in total. The quantitative estimate of drug-likeness (QED) is 0.556. The Morgan fingerprint density at radius 1 is 0.688 bits per heavy atom. The molecule has 0 saturated carbocycles. The molecule has 0 bridgehead atoms. The highest BCUT2D eigenvalue weighted by molar-refractivity contribution is 5.99. The van der Waals surface area contributed by atoms with E-state index < -0.39 is 0 Å². The molecule has 1 aliphatic rings. The first-order chi connectivity index (χ1) is 7.89. The highest BCUT2D eigenvalue weighted by Gasteiger charge is 1.87. The molecule has 0 amide bonds. The second-order valence-corrected chi connectivity index (χ2v) is 3.89. The van der Waals surface area contributed by atoms with Crippen LogP contribution in [0.1, 0.15) is 38.5 Å². The second-order valence-electron chi connectivity index (χ2n) is 3.89. The molecule has 0 unspecified atom stereocenters. The molecule has 1 aliphatic carbocycles. The van der Waals surface area contributed by atoms with Crippen molar-refractivity contribution in [2.45, 2.75) is 38.5 Å². The lowest BCUT2D eigenvalue weighted by molar-refractivity contribution is -0.110. The van der Waals surface area contributed by atoms with E-state index in [2.05, 4.69) is 24.3 Å². The van der Waals surface area contributed by atoms with E-state index in [-0.39, 0.29) is 5.78 Å². The minimum atomic E-state index is 0.0900. The SMILES string of the molecule is O=C1C=CCC/C=C\CCC/C=C/C/C=C/1. The summed E-state index contributed by atoms with van der Waals surface area (Å²) in [6.45, 7) is 0. The van der Waals surface area contributed by atoms with Gasteiger partial charge >= 0.3 is 0 Å². The summed E-state index contributed by atoms with van der Waals surface area (Å²) in [7, 11) is 0. The van der Waals surface area contributed by atoms with Crippen LogP contribution >= 0.6 is 0 Å². The Hall–Kier alpha value is -1.37. The third-order valence-electron chi connectivity index (χ3n) is 2.41. The maximum atomic E-state index is 11.3. The van der Waals surface area contributed by atoms with Gasteiger partial charge in [0, 0.05) is 0 Å². The van der Waals surface area contributed by atoms with Crippen LogP contribution in [0.25, 0.3) is 0 Å². The molecule has 0 saturated heterocycles. The lowest BCUT2D eigenvalue weighted by Gasteiger charge is -1.90. The molecule has 1 heteroatoms. The molecule has 0 atom stereocenters. The van der Waals surface area contributed by atoms with Crippen LogP contribution in [0.5, 0.6) is 0 Å². The van der Waals surface area contributed by atoms with Gasteiger partial charge in [0.25, 0.3) is 0 Å². The molecule has 0 aromatic heterocycles. The molecule has 0 aliphatic heterocycles. The maximum Gasteiger partial charge on any atom is 0.178 e. The number of allylic oxidation sites excluding steroid dienone is 8. The average Bonchev–Trinajstić information content (AvgIpc) is 2.29. The Bertz CT molecular complexity index is 305. The molecule has 0 radical (unpaired) electrons. The van der Waals surface area contributed by atoms with Gasteiger partial charge in [-0.3, -0.25) is 4.79 Å². The fourth-order valence-corrected chi connectivity index (χ4v) is 1.51. The first-order valence-electron chi connectivity index (χ1n) is 6.06. The van der Waals surface area contributed by atoms with Crippen molar-refractivity contribution in [2.24, 2.45) is 0 Å². The summed E-state index contributed by atoms with van der Waals surface area (Å²) in [5.74, 6) is 0.0900. The molecule has 0 spiro atoms. The third kappa shape index (κ3) is 6.99. The molecular weight excluding hydrogens is 196 g/mol. The van der Waals surface area contributed by atoms with Crippen molar-refractivity contribution >= 4 is 5.78 Å². The number of carbonyl (C=O) groups excluding carboxylic acids is 1. The van der Waals surface area contributed by atoms with Gasteiger partial charge < -0.3 is 0 Å². The van der Waals surface area contributed by atoms with Gasteiger partial charge in [0.2, 0.25) is 0 Å². The van der Waals surface area contributed by atoms with Crippen molar-refractivity contribution in [3.05, 3.63) is 48.6 Å². The summed E-state index contributed by atoms with van der Waals surface area (Å²) in [6, 6.07) is 0. The molecular formula is C15H20O. The minimum Gasteiger partial charge on any atom is -0.290 e. The zero-order valence-electron chi connectivity index (χ0n) is 9.77. The first kappa shape index (κ1) is 12.7. The smallest absolute Gasteiger partial charge is 0.178 e. The third-order valence-corrected chi connectivity index (χ3v) is 2.41. The zero-order valence-corrected chi connectivity index (χ0v) is 9.77. The van der Waals surface area contributed by atoms with Gasteiger partial charge in [0.05, 0.1) is 0 Å². The summed E-state index contributed by atoms with van der Waals surface area (Å²) in [5.41, 5.74) is 0. The Kier molecular flexibility index (Phi) is 7.06. The van der Waals surface area contributed by atoms with E-state index >= 15 is 0 Å². The Balaban J connectivity index is 2.46. The van der Waals surface area contributed by atoms with E-state index in [1.165, 1.54) is 6.42 Å². The second kappa shape index (κ2) is 8.90. The van der Waals surface area contributed by atoms with Crippen molar-refractivity contribution in [2.75, 3.05) is 0 Å². The summed E-state index contributed by atoms with van der Waals surface area (Å²) in [4.78, 5) is 11.3. The van der Waals surface area contributed by atoms with Gasteiger partial charge in [-0.2, -0.15) is 0 Å². The van der Waals surface area contributed by atoms with E-state index in [1.54, 1.807) is 12.2 Å². The van der Waals surface area contributed by atoms with Crippen molar-refractivity contribution in [3.63, 3.8) is 0 Å². The van der Waals surface area contributed by atoms with Crippen molar-refractivity contribution in [1.29, 1.82) is 0 Å². The van der Waals surface area contributed by atoms with E-state index in [9.17, 15) is 4.79 Å². The molecule has 0 heterocycles. The zero-order chi connectivity index (χ0) is 11.5. The number of hydrogen-bond donors (Lipinski definition) is 0. The number of carbonyl (C=O) groups is 1. The lowest BCUT2D eigenvalue weighted by Crippen LogP contribution is -1.84. The largest absolute Gasteiger partial charge is 0.290 e. The van der Waals surface area contributed by atoms with Crippen LogP contribution in [0.3, 0.4) is 0 Å². The van der Waals surface area contributed by atoms with Crippen LogP contribution < -0.4 is 0 Å². The van der Waals surface area contributed by atoms with Crippen molar-refractivity contribution in [3.8, 4) is 0 Å². The highest BCUT2D eigenvalue weighted by Crippen LogP contribution is 2.02. The number of ketones is 1. The standard InChI is InChI=1S/C15H20O/c16-15-13-11-9-7-5-3-1-2-4-6-8-10-12-14-15/h3,5-6,8,11-14H,1-2,4,7,9-10H2/b5-3-,8-6+,13-11?,14-12+. The van der Waals surface area contributed by atoms with E-state index in [0.29, 0.717) is 0 Å². The van der Waals surface area contributed by atoms with Gasteiger partial charge in [-0.1, -0.05) is 36.5 Å². The number of rotatable bonds is 0.